The molecule has 1 aromatic rings. The molecule has 0 fully saturated rings. The van der Waals surface area contributed by atoms with Crippen LogP contribution in [-0.4, -0.2) is 22.2 Å². The lowest BCUT2D eigenvalue weighted by molar-refractivity contribution is -0.136. The van der Waals surface area contributed by atoms with E-state index < -0.39 is 11.9 Å². The number of rotatable bonds is 3. The SMILES string of the molecule is Cc1sc(C(=O)O)cc1CC(=O)O. The van der Waals surface area contributed by atoms with Gasteiger partial charge in [-0.15, -0.1) is 11.3 Å². The van der Waals surface area contributed by atoms with Crippen molar-refractivity contribution in [2.45, 2.75) is 13.3 Å². The molecule has 0 aliphatic heterocycles. The Morgan fingerprint density at radius 3 is 2.46 bits per heavy atom. The third-order valence-electron chi connectivity index (χ3n) is 1.57. The number of carbonyl (C=O) groups is 2. The van der Waals surface area contributed by atoms with Gasteiger partial charge in [0.2, 0.25) is 0 Å². The summed E-state index contributed by atoms with van der Waals surface area (Å²) in [4.78, 5) is 21.8. The monoisotopic (exact) mass is 200 g/mol. The van der Waals surface area contributed by atoms with Crippen LogP contribution in [-0.2, 0) is 11.2 Å². The molecule has 0 bridgehead atoms. The van der Waals surface area contributed by atoms with Crippen LogP contribution in [0.1, 0.15) is 20.1 Å². The van der Waals surface area contributed by atoms with Crippen molar-refractivity contribution in [3.8, 4) is 0 Å². The van der Waals surface area contributed by atoms with Gasteiger partial charge in [0.15, 0.2) is 0 Å². The fourth-order valence-electron chi connectivity index (χ4n) is 0.964. The maximum absolute atomic E-state index is 10.5. The van der Waals surface area contributed by atoms with Crippen LogP contribution in [0.25, 0.3) is 0 Å². The molecular weight excluding hydrogens is 192 g/mol. The fraction of sp³-hybridized carbons (Fsp3) is 0.250. The molecule has 0 amide bonds. The van der Waals surface area contributed by atoms with E-state index in [-0.39, 0.29) is 11.3 Å². The predicted octanol–water partition coefficient (Wildman–Crippen LogP) is 1.38. The van der Waals surface area contributed by atoms with E-state index >= 15 is 0 Å². The molecule has 0 spiro atoms. The first-order chi connectivity index (χ1) is 6.00. The van der Waals surface area contributed by atoms with E-state index in [2.05, 4.69) is 0 Å². The number of hydrogen-bond donors (Lipinski definition) is 2. The molecule has 0 aromatic carbocycles. The third-order valence-corrected chi connectivity index (χ3v) is 2.65. The second-order valence-corrected chi connectivity index (χ2v) is 3.82. The standard InChI is InChI=1S/C8H8O4S/c1-4-5(3-7(9)10)2-6(13-4)8(11)12/h2H,3H2,1H3,(H,9,10)(H,11,12). The smallest absolute Gasteiger partial charge is 0.345 e. The van der Waals surface area contributed by atoms with Crippen LogP contribution in [0.5, 0.6) is 0 Å². The molecule has 0 saturated heterocycles. The maximum Gasteiger partial charge on any atom is 0.345 e. The van der Waals surface area contributed by atoms with Crippen molar-refractivity contribution >= 4 is 23.3 Å². The van der Waals surface area contributed by atoms with E-state index in [0.29, 0.717) is 5.56 Å². The van der Waals surface area contributed by atoms with Gasteiger partial charge in [-0.3, -0.25) is 4.79 Å². The van der Waals surface area contributed by atoms with E-state index in [1.165, 1.54) is 6.07 Å². The van der Waals surface area contributed by atoms with Crippen molar-refractivity contribution in [3.63, 3.8) is 0 Å². The average molecular weight is 200 g/mol. The zero-order chi connectivity index (χ0) is 10.0. The predicted molar refractivity (Wildman–Crippen MR) is 47.4 cm³/mol. The second kappa shape index (κ2) is 3.57. The summed E-state index contributed by atoms with van der Waals surface area (Å²) < 4.78 is 0. The van der Waals surface area contributed by atoms with Crippen LogP contribution in [0.4, 0.5) is 0 Å². The van der Waals surface area contributed by atoms with E-state index in [4.69, 9.17) is 10.2 Å². The van der Waals surface area contributed by atoms with Gasteiger partial charge >= 0.3 is 11.9 Å². The lowest BCUT2D eigenvalue weighted by Gasteiger charge is -1.91. The minimum Gasteiger partial charge on any atom is -0.481 e. The van der Waals surface area contributed by atoms with Crippen LogP contribution in [0.15, 0.2) is 6.07 Å². The third kappa shape index (κ3) is 2.29. The summed E-state index contributed by atoms with van der Waals surface area (Å²) in [5.74, 6) is -1.96. The van der Waals surface area contributed by atoms with Crippen molar-refractivity contribution in [2.24, 2.45) is 0 Å². The van der Waals surface area contributed by atoms with E-state index in [1.54, 1.807) is 6.92 Å². The normalized spacial score (nSPS) is 9.92. The molecule has 0 saturated carbocycles. The Balaban J connectivity index is 2.96. The van der Waals surface area contributed by atoms with E-state index in [9.17, 15) is 9.59 Å². The van der Waals surface area contributed by atoms with Gasteiger partial charge in [0.05, 0.1) is 6.42 Å². The van der Waals surface area contributed by atoms with Gasteiger partial charge in [-0.25, -0.2) is 4.79 Å². The van der Waals surface area contributed by atoms with Crippen LogP contribution >= 0.6 is 11.3 Å². The van der Waals surface area contributed by atoms with Gasteiger partial charge in [-0.2, -0.15) is 0 Å². The topological polar surface area (TPSA) is 74.6 Å². The minimum atomic E-state index is -1.01. The molecule has 1 rings (SSSR count). The lowest BCUT2D eigenvalue weighted by Crippen LogP contribution is -1.99. The van der Waals surface area contributed by atoms with Gasteiger partial charge in [0.25, 0.3) is 0 Å². The summed E-state index contributed by atoms with van der Waals surface area (Å²) >= 11 is 1.10. The number of carboxylic acids is 2. The lowest BCUT2D eigenvalue weighted by atomic mass is 10.2. The van der Waals surface area contributed by atoms with Gasteiger partial charge in [0, 0.05) is 4.88 Å². The minimum absolute atomic E-state index is 0.115. The highest BCUT2D eigenvalue weighted by atomic mass is 32.1. The molecule has 70 valence electrons. The molecular formula is C8H8O4S. The summed E-state index contributed by atoms with van der Waals surface area (Å²) in [6.07, 6.45) is -0.115. The van der Waals surface area contributed by atoms with Crippen LogP contribution < -0.4 is 0 Å². The van der Waals surface area contributed by atoms with Crippen molar-refractivity contribution in [3.05, 3.63) is 21.4 Å². The maximum atomic E-state index is 10.5. The number of aliphatic carboxylic acids is 1. The number of carboxylic acid groups (broad SMARTS) is 2. The molecule has 5 heteroatoms. The summed E-state index contributed by atoms with van der Waals surface area (Å²) in [5.41, 5.74) is 0.579. The van der Waals surface area contributed by atoms with Gasteiger partial charge < -0.3 is 10.2 Å². The second-order valence-electron chi connectivity index (χ2n) is 2.57. The Bertz CT molecular complexity index is 353. The van der Waals surface area contributed by atoms with Crippen LogP contribution in [0.2, 0.25) is 0 Å². The van der Waals surface area contributed by atoms with Gasteiger partial charge in [-0.1, -0.05) is 0 Å². The quantitative estimate of drug-likeness (QED) is 0.773. The molecule has 0 aliphatic rings. The summed E-state index contributed by atoms with van der Waals surface area (Å²) in [6.45, 7) is 1.72. The van der Waals surface area contributed by atoms with Crippen molar-refractivity contribution in [1.82, 2.24) is 0 Å². The highest BCUT2D eigenvalue weighted by Gasteiger charge is 2.12. The van der Waals surface area contributed by atoms with Crippen molar-refractivity contribution in [1.29, 1.82) is 0 Å². The fourth-order valence-corrected chi connectivity index (χ4v) is 1.84. The van der Waals surface area contributed by atoms with Crippen molar-refractivity contribution < 1.29 is 19.8 Å². The summed E-state index contributed by atoms with van der Waals surface area (Å²) in [7, 11) is 0. The number of hydrogen-bond acceptors (Lipinski definition) is 3. The van der Waals surface area contributed by atoms with Crippen molar-refractivity contribution in [2.75, 3.05) is 0 Å². The Kier molecular flexibility index (Phi) is 2.67. The molecule has 0 aliphatic carbocycles. The largest absolute Gasteiger partial charge is 0.481 e. The molecule has 2 N–H and O–H groups in total. The zero-order valence-corrected chi connectivity index (χ0v) is 7.72. The molecule has 0 unspecified atom stereocenters. The Morgan fingerprint density at radius 2 is 2.08 bits per heavy atom. The summed E-state index contributed by atoms with van der Waals surface area (Å²) in [6, 6.07) is 1.41. The van der Waals surface area contributed by atoms with Gasteiger partial charge in [-0.05, 0) is 18.6 Å². The van der Waals surface area contributed by atoms with E-state index in [1.807, 2.05) is 0 Å². The van der Waals surface area contributed by atoms with Crippen LogP contribution in [0, 0.1) is 6.92 Å². The molecule has 1 aromatic heterocycles. The number of thiophene rings is 1. The van der Waals surface area contributed by atoms with Crippen LogP contribution in [0.3, 0.4) is 0 Å². The summed E-state index contributed by atoms with van der Waals surface area (Å²) in [5, 5.41) is 17.1. The molecule has 13 heavy (non-hydrogen) atoms. The average Bonchev–Trinajstić information content (AvgIpc) is 2.31. The Hall–Kier alpha value is -1.36. The molecule has 4 nitrogen and oxygen atoms in total. The first-order valence-corrected chi connectivity index (χ1v) is 4.36. The van der Waals surface area contributed by atoms with Gasteiger partial charge in [0.1, 0.15) is 4.88 Å². The van der Waals surface area contributed by atoms with E-state index in [0.717, 1.165) is 16.2 Å². The Labute approximate surface area is 78.4 Å². The molecule has 1 heterocycles. The highest BCUT2D eigenvalue weighted by molar-refractivity contribution is 7.14. The highest BCUT2D eigenvalue weighted by Crippen LogP contribution is 2.21. The molecule has 0 atom stereocenters. The number of aryl methyl sites for hydroxylation is 1. The number of aromatic carboxylic acids is 1. The Morgan fingerprint density at radius 1 is 1.46 bits per heavy atom. The first-order valence-electron chi connectivity index (χ1n) is 3.55. The molecule has 0 radical (unpaired) electrons. The zero-order valence-electron chi connectivity index (χ0n) is 6.90. The first kappa shape index (κ1) is 9.73.